The van der Waals surface area contributed by atoms with Crippen LogP contribution in [0.2, 0.25) is 25.1 Å². The number of aliphatic imine (C=N–C) groups is 1. The summed E-state index contributed by atoms with van der Waals surface area (Å²) in [4.78, 5) is 108. The van der Waals surface area contributed by atoms with Crippen molar-refractivity contribution >= 4 is 167 Å². The van der Waals surface area contributed by atoms with Gasteiger partial charge in [-0.05, 0) is 140 Å². The van der Waals surface area contributed by atoms with E-state index in [9.17, 15) is 70.2 Å². The van der Waals surface area contributed by atoms with Crippen LogP contribution >= 0.6 is 80.6 Å². The van der Waals surface area contributed by atoms with Crippen molar-refractivity contribution in [1.82, 2.24) is 9.13 Å². The molecule has 5 aromatic carbocycles. The molecular weight excluding hydrogens is 1600 g/mol. The number of aliphatic hydroxyl groups excluding tert-OH is 1. The number of nitrogens with zero attached hydrogens (tertiary/aromatic N) is 3. The Morgan fingerprint density at radius 1 is 0.548 bits per heavy atom. The Kier molecular flexibility index (Phi) is 41.0. The van der Waals surface area contributed by atoms with Crippen LogP contribution in [0.4, 0.5) is 39.0 Å². The number of hydrogen-bond donors (Lipinski definition) is 4. The molecule has 8 rings (SSSR count). The Labute approximate surface area is 632 Å². The third-order valence-electron chi connectivity index (χ3n) is 12.9. The summed E-state index contributed by atoms with van der Waals surface area (Å²) >= 11 is 30.3. The summed E-state index contributed by atoms with van der Waals surface area (Å²) < 4.78 is 103. The molecule has 564 valence electrons. The number of fused-ring (bicyclic) bond motifs is 3. The SMILES string of the molecule is CCI.CCOC(=O)C(=CNc1ccc(F)c(Cl)c1)C(=O)OCC.CCOC(=O)C1C=Nc2cc(Cl)c(F)cc2C1O.CCOC(=O)c1cn(CC)c2cc(Cl)c(F)cc2c1=O.CCOC=C(C(=O)OCC)C(=O)OCC.CCn1cc(C(=O)O)c(=O)c2cc(F)c(Cl)cc21.Nc1ccc(F)c(Cl)c1. The number of anilines is 2. The van der Waals surface area contributed by atoms with Gasteiger partial charge in [-0.3, -0.25) is 19.4 Å². The van der Waals surface area contributed by atoms with Crippen molar-refractivity contribution in [2.45, 2.75) is 88.4 Å². The van der Waals surface area contributed by atoms with Gasteiger partial charge in [0.05, 0.1) is 94.2 Å². The number of carbonyl (C=O) groups excluding carboxylic acids is 6. The van der Waals surface area contributed by atoms with Gasteiger partial charge >= 0.3 is 41.8 Å². The molecular formula is C70H74Cl5F5IN5O18. The van der Waals surface area contributed by atoms with Gasteiger partial charge < -0.3 is 63.6 Å². The second kappa shape index (κ2) is 46.8. The highest BCUT2D eigenvalue weighted by molar-refractivity contribution is 14.1. The summed E-state index contributed by atoms with van der Waals surface area (Å²) in [5, 5.41) is 21.5. The molecule has 0 fully saturated rings. The van der Waals surface area contributed by atoms with Gasteiger partial charge in [-0.25, -0.2) is 50.7 Å². The van der Waals surface area contributed by atoms with Gasteiger partial charge in [-0.1, -0.05) is 87.5 Å². The predicted molar refractivity (Wildman–Crippen MR) is 395 cm³/mol. The quantitative estimate of drug-likeness (QED) is 0.00558. The fourth-order valence-electron chi connectivity index (χ4n) is 8.20. The number of esters is 6. The molecule has 3 heterocycles. The lowest BCUT2D eigenvalue weighted by molar-refractivity contribution is -0.149. The Bertz CT molecular complexity index is 4350. The number of ether oxygens (including phenoxy) is 7. The van der Waals surface area contributed by atoms with Gasteiger partial charge in [0.2, 0.25) is 10.9 Å². The van der Waals surface area contributed by atoms with E-state index in [1.54, 1.807) is 64.5 Å². The molecule has 1 aliphatic heterocycles. The van der Waals surface area contributed by atoms with Crippen LogP contribution in [0.15, 0.2) is 123 Å². The summed E-state index contributed by atoms with van der Waals surface area (Å²) in [6.07, 6.45) is 4.97. The van der Waals surface area contributed by atoms with E-state index in [1.165, 1.54) is 71.6 Å². The zero-order valence-corrected chi connectivity index (χ0v) is 63.5. The number of nitrogen functional groups attached to an aromatic ring is 1. The number of aromatic nitrogens is 2. The molecule has 0 spiro atoms. The Balaban J connectivity index is 0.000000426. The number of aliphatic hydroxyl groups is 1. The van der Waals surface area contributed by atoms with Gasteiger partial charge in [0.1, 0.15) is 52.4 Å². The van der Waals surface area contributed by atoms with Crippen molar-refractivity contribution in [2.75, 3.05) is 61.7 Å². The minimum Gasteiger partial charge on any atom is -0.500 e. The van der Waals surface area contributed by atoms with Crippen LogP contribution in [-0.2, 0) is 70.2 Å². The normalized spacial score (nSPS) is 11.9. The van der Waals surface area contributed by atoms with E-state index in [4.69, 9.17) is 92.5 Å². The molecule has 2 aromatic heterocycles. The van der Waals surface area contributed by atoms with Crippen LogP contribution in [0, 0.1) is 35.0 Å². The zero-order valence-electron chi connectivity index (χ0n) is 57.5. The minimum atomic E-state index is -1.33. The number of benzene rings is 5. The lowest BCUT2D eigenvalue weighted by atomic mass is 9.93. The summed E-state index contributed by atoms with van der Waals surface area (Å²) in [6, 6.07) is 15.1. The maximum atomic E-state index is 13.5. The fraction of sp³-hybridized carbons (Fsp3) is 0.314. The average Bonchev–Trinajstić information content (AvgIpc) is 0.781. The van der Waals surface area contributed by atoms with Gasteiger partial charge in [0, 0.05) is 65.6 Å². The molecule has 0 aliphatic carbocycles. The predicted octanol–water partition coefficient (Wildman–Crippen LogP) is 15.3. The van der Waals surface area contributed by atoms with Crippen molar-refractivity contribution in [1.29, 1.82) is 0 Å². The van der Waals surface area contributed by atoms with E-state index in [0.29, 0.717) is 47.8 Å². The van der Waals surface area contributed by atoms with Gasteiger partial charge in [-0.2, -0.15) is 0 Å². The number of nitrogens with two attached hydrogens (primary N) is 1. The highest BCUT2D eigenvalue weighted by atomic mass is 127. The fourth-order valence-corrected chi connectivity index (χ4v) is 9.04. The highest BCUT2D eigenvalue weighted by Gasteiger charge is 2.33. The summed E-state index contributed by atoms with van der Waals surface area (Å²) in [5.41, 5.74) is 5.38. The van der Waals surface area contributed by atoms with E-state index >= 15 is 0 Å². The van der Waals surface area contributed by atoms with Gasteiger partial charge in [0.15, 0.2) is 11.1 Å². The third kappa shape index (κ3) is 27.6. The van der Waals surface area contributed by atoms with Crippen LogP contribution in [0.1, 0.15) is 102 Å². The molecule has 0 radical (unpaired) electrons. The molecule has 23 nitrogen and oxygen atoms in total. The Morgan fingerprint density at radius 2 is 0.962 bits per heavy atom. The molecule has 2 atom stereocenters. The standard InChI is InChI=1S/C14H15ClFNO4.C14H13ClFNO3.C12H11ClFNO3.C12H9ClFNO3.C10H16O5.C6H5ClFN.C2H5I/c1-3-20-13(18)10(14(19)21-4-2)8-17-9-5-6-12(16)11(15)7-9;1-3-17-7-9(14(19)20-4-2)13(18)8-5-11(16)10(15)6-12(8)17;1-2-18-12(17)7-5-15-10-4-8(13)9(14)3-6(10)11(7)16;1-2-15-5-7(12(17)18)11(16)6-3-9(14)8(13)4-10(6)15;1-4-13-7-8(9(11)14-5-2)10(12)15-6-3;7-5-3-4(9)1-2-6(5)8;1-2-3/h5-8,17H,3-4H2,1-2H3;5-7H,3-4H2,1-2H3;3-5,7,11,16H,2H2,1H3;3-5H,2H2,1H3,(H,17,18);7H,4-6H2,1-3H3;1-3H,9H2;2H2,1H3. The zero-order chi connectivity index (χ0) is 78.7. The monoisotopic (exact) mass is 1670 g/mol. The largest absolute Gasteiger partial charge is 0.500 e. The third-order valence-corrected chi connectivity index (χ3v) is 14.4. The van der Waals surface area contributed by atoms with E-state index in [0.717, 1.165) is 36.7 Å². The first-order valence-corrected chi connectivity index (χ1v) is 34.7. The number of aromatic carboxylic acids is 1. The van der Waals surface area contributed by atoms with Gasteiger partial charge in [-0.15, -0.1) is 0 Å². The first kappa shape index (κ1) is 91.2. The van der Waals surface area contributed by atoms with Crippen LogP contribution in [0.3, 0.4) is 0 Å². The van der Waals surface area contributed by atoms with Crippen molar-refractivity contribution in [3.63, 3.8) is 0 Å². The minimum absolute atomic E-state index is 0.0126. The topological polar surface area (TPSA) is 319 Å². The second-order valence-corrected chi connectivity index (χ2v) is 23.4. The van der Waals surface area contributed by atoms with Crippen molar-refractivity contribution in [3.05, 3.63) is 200 Å². The molecule has 0 bridgehead atoms. The number of nitrogens with one attached hydrogen (secondary N) is 1. The number of aryl methyl sites for hydroxylation is 2. The number of carboxylic acid groups (broad SMARTS) is 1. The van der Waals surface area contributed by atoms with E-state index in [1.807, 2.05) is 6.92 Å². The highest BCUT2D eigenvalue weighted by Crippen LogP contribution is 2.38. The Hall–Kier alpha value is -8.85. The number of hydrogen-bond acceptors (Lipinski definition) is 20. The maximum absolute atomic E-state index is 13.5. The first-order valence-electron chi connectivity index (χ1n) is 31.3. The Morgan fingerprint density at radius 3 is 1.38 bits per heavy atom. The molecule has 5 N–H and O–H groups in total. The maximum Gasteiger partial charge on any atom is 0.348 e. The number of carboxylic acids is 1. The van der Waals surface area contributed by atoms with Crippen LogP contribution in [-0.4, -0.2) is 118 Å². The molecule has 1 aliphatic rings. The molecule has 2 unspecified atom stereocenters. The lowest BCUT2D eigenvalue weighted by Gasteiger charge is -2.23. The van der Waals surface area contributed by atoms with Gasteiger partial charge in [0.25, 0.3) is 0 Å². The summed E-state index contributed by atoms with van der Waals surface area (Å²) in [5.74, 6) is -9.74. The molecule has 0 amide bonds. The number of pyridine rings is 2. The molecule has 0 saturated carbocycles. The van der Waals surface area contributed by atoms with Crippen LogP contribution < -0.4 is 21.9 Å². The summed E-state index contributed by atoms with van der Waals surface area (Å²) in [7, 11) is 0. The number of halogens is 11. The van der Waals surface area contributed by atoms with Crippen molar-refractivity contribution in [2.24, 2.45) is 10.9 Å². The average molecular weight is 1670 g/mol. The van der Waals surface area contributed by atoms with E-state index in [2.05, 4.69) is 49.3 Å². The van der Waals surface area contributed by atoms with Crippen molar-refractivity contribution in [3.8, 4) is 0 Å². The van der Waals surface area contributed by atoms with E-state index < -0.39 is 93.8 Å². The smallest absolute Gasteiger partial charge is 0.348 e. The number of alkyl halides is 1. The molecule has 104 heavy (non-hydrogen) atoms. The lowest BCUT2D eigenvalue weighted by Crippen LogP contribution is -2.27. The van der Waals surface area contributed by atoms with E-state index in [-0.39, 0.29) is 103 Å². The van der Waals surface area contributed by atoms with Crippen LogP contribution in [0.5, 0.6) is 0 Å². The van der Waals surface area contributed by atoms with Crippen molar-refractivity contribution < 1.29 is 98.9 Å². The molecule has 7 aromatic rings. The summed E-state index contributed by atoms with van der Waals surface area (Å²) in [6.45, 7) is 19.7. The first-order chi connectivity index (χ1) is 49.3. The second-order valence-electron chi connectivity index (χ2n) is 19.9. The number of rotatable bonds is 19. The number of carbonyl (C=O) groups is 7. The molecule has 34 heteroatoms. The van der Waals surface area contributed by atoms with Crippen LogP contribution in [0.25, 0.3) is 21.8 Å². The molecule has 0 saturated heterocycles.